The molecular weight excluding hydrogens is 241 g/mol. The van der Waals surface area contributed by atoms with Gasteiger partial charge in [-0.15, -0.1) is 0 Å². The quantitative estimate of drug-likeness (QED) is 0.799. The molecule has 0 saturated heterocycles. The van der Waals surface area contributed by atoms with Gasteiger partial charge in [0.1, 0.15) is 0 Å². The summed E-state index contributed by atoms with van der Waals surface area (Å²) in [5.41, 5.74) is 1.80. The van der Waals surface area contributed by atoms with E-state index in [9.17, 15) is 13.2 Å². The summed E-state index contributed by atoms with van der Waals surface area (Å²) in [4.78, 5) is 0. The second-order valence-electron chi connectivity index (χ2n) is 4.07. The fraction of sp³-hybridized carbons (Fsp3) is 0.308. The third-order valence-electron chi connectivity index (χ3n) is 2.85. The minimum atomic E-state index is -4.29. The Morgan fingerprint density at radius 1 is 1.17 bits per heavy atom. The van der Waals surface area contributed by atoms with Crippen molar-refractivity contribution in [2.45, 2.75) is 19.5 Å². The molecule has 0 spiro atoms. The van der Waals surface area contributed by atoms with Crippen molar-refractivity contribution in [1.29, 1.82) is 0 Å². The molecule has 0 amide bonds. The second kappa shape index (κ2) is 4.48. The number of hydrogen-bond donors (Lipinski definition) is 0. The number of rotatable bonds is 2. The highest BCUT2D eigenvalue weighted by Gasteiger charge is 2.30. The summed E-state index contributed by atoms with van der Waals surface area (Å²) >= 11 is 0. The summed E-state index contributed by atoms with van der Waals surface area (Å²) in [7, 11) is 1.83. The first kappa shape index (κ1) is 12.7. The number of hydrogen-bond acceptors (Lipinski definition) is 1. The first-order valence-electron chi connectivity index (χ1n) is 5.62. The van der Waals surface area contributed by atoms with Gasteiger partial charge in [-0.25, -0.2) is 0 Å². The van der Waals surface area contributed by atoms with Crippen molar-refractivity contribution in [2.75, 3.05) is 0 Å². The molecule has 1 aromatic carbocycles. The van der Waals surface area contributed by atoms with Crippen LogP contribution < -0.4 is 0 Å². The van der Waals surface area contributed by atoms with Gasteiger partial charge in [-0.05, 0) is 24.6 Å². The van der Waals surface area contributed by atoms with E-state index in [4.69, 9.17) is 0 Å². The van der Waals surface area contributed by atoms with Gasteiger partial charge in [-0.1, -0.05) is 19.1 Å². The Kier molecular flexibility index (Phi) is 3.15. The molecule has 2 rings (SSSR count). The molecule has 0 radical (unpaired) electrons. The van der Waals surface area contributed by atoms with Crippen LogP contribution >= 0.6 is 0 Å². The van der Waals surface area contributed by atoms with Crippen molar-refractivity contribution in [2.24, 2.45) is 7.05 Å². The Morgan fingerprint density at radius 3 is 2.22 bits per heavy atom. The van der Waals surface area contributed by atoms with Gasteiger partial charge in [0.15, 0.2) is 0 Å². The SMILES string of the molecule is CCc1cc(-c2ccc(C(F)(F)F)cc2)nn1C. The summed E-state index contributed by atoms with van der Waals surface area (Å²) < 4.78 is 39.0. The highest BCUT2D eigenvalue weighted by Crippen LogP contribution is 2.30. The van der Waals surface area contributed by atoms with E-state index >= 15 is 0 Å². The standard InChI is InChI=1S/C13H13F3N2/c1-3-11-8-12(17-18(11)2)9-4-6-10(7-5-9)13(14,15)16/h4-8H,3H2,1-2H3. The van der Waals surface area contributed by atoms with Crippen molar-refractivity contribution in [1.82, 2.24) is 9.78 Å². The normalized spacial score (nSPS) is 11.8. The van der Waals surface area contributed by atoms with E-state index in [1.54, 1.807) is 4.68 Å². The van der Waals surface area contributed by atoms with E-state index in [-0.39, 0.29) is 0 Å². The lowest BCUT2D eigenvalue weighted by molar-refractivity contribution is -0.137. The van der Waals surface area contributed by atoms with Gasteiger partial charge in [0.2, 0.25) is 0 Å². The van der Waals surface area contributed by atoms with E-state index in [1.165, 1.54) is 12.1 Å². The van der Waals surface area contributed by atoms with Crippen molar-refractivity contribution in [3.8, 4) is 11.3 Å². The van der Waals surface area contributed by atoms with Crippen LogP contribution in [0.5, 0.6) is 0 Å². The average Bonchev–Trinajstić information content (AvgIpc) is 2.69. The Morgan fingerprint density at radius 2 is 1.78 bits per heavy atom. The monoisotopic (exact) mass is 254 g/mol. The van der Waals surface area contributed by atoms with E-state index in [2.05, 4.69) is 5.10 Å². The zero-order valence-electron chi connectivity index (χ0n) is 10.1. The Balaban J connectivity index is 2.34. The van der Waals surface area contributed by atoms with Gasteiger partial charge in [0.05, 0.1) is 11.3 Å². The number of benzene rings is 1. The summed E-state index contributed by atoms with van der Waals surface area (Å²) in [5, 5.41) is 4.28. The molecule has 0 atom stereocenters. The Bertz CT molecular complexity index is 538. The van der Waals surface area contributed by atoms with Gasteiger partial charge in [0.25, 0.3) is 0 Å². The van der Waals surface area contributed by atoms with Gasteiger partial charge in [-0.3, -0.25) is 4.68 Å². The third kappa shape index (κ3) is 2.39. The molecular formula is C13H13F3N2. The van der Waals surface area contributed by atoms with E-state index in [0.717, 1.165) is 24.2 Å². The summed E-state index contributed by atoms with van der Waals surface area (Å²) in [6.07, 6.45) is -3.46. The van der Waals surface area contributed by atoms with E-state index in [0.29, 0.717) is 11.3 Å². The molecule has 0 aliphatic heterocycles. The molecule has 0 unspecified atom stereocenters. The number of alkyl halides is 3. The van der Waals surface area contributed by atoms with Crippen LogP contribution in [0.3, 0.4) is 0 Å². The van der Waals surface area contributed by atoms with E-state index < -0.39 is 11.7 Å². The summed E-state index contributed by atoms with van der Waals surface area (Å²) in [6.45, 7) is 2.01. The first-order valence-corrected chi connectivity index (χ1v) is 5.62. The summed E-state index contributed by atoms with van der Waals surface area (Å²) in [6, 6.07) is 6.95. The highest BCUT2D eigenvalue weighted by molar-refractivity contribution is 5.59. The number of aromatic nitrogens is 2. The van der Waals surface area contributed by atoms with Crippen LogP contribution in [0, 0.1) is 0 Å². The van der Waals surface area contributed by atoms with Gasteiger partial charge >= 0.3 is 6.18 Å². The molecule has 0 aliphatic carbocycles. The van der Waals surface area contributed by atoms with E-state index in [1.807, 2.05) is 20.0 Å². The molecule has 0 bridgehead atoms. The van der Waals surface area contributed by atoms with Crippen LogP contribution in [0.25, 0.3) is 11.3 Å². The third-order valence-corrected chi connectivity index (χ3v) is 2.85. The fourth-order valence-electron chi connectivity index (χ4n) is 1.81. The van der Waals surface area contributed by atoms with Crippen LogP contribution in [-0.4, -0.2) is 9.78 Å². The first-order chi connectivity index (χ1) is 8.41. The number of nitrogens with zero attached hydrogens (tertiary/aromatic N) is 2. The average molecular weight is 254 g/mol. The molecule has 1 heterocycles. The summed E-state index contributed by atoms with van der Waals surface area (Å²) in [5.74, 6) is 0. The maximum Gasteiger partial charge on any atom is 0.416 e. The smallest absolute Gasteiger partial charge is 0.272 e. The lowest BCUT2D eigenvalue weighted by Gasteiger charge is -2.06. The second-order valence-corrected chi connectivity index (χ2v) is 4.07. The maximum atomic E-state index is 12.4. The number of halogens is 3. The van der Waals surface area contributed by atoms with Crippen LogP contribution in [0.1, 0.15) is 18.2 Å². The van der Waals surface area contributed by atoms with Crippen LogP contribution in [0.15, 0.2) is 30.3 Å². The Labute approximate surface area is 103 Å². The lowest BCUT2D eigenvalue weighted by Crippen LogP contribution is -2.04. The van der Waals surface area contributed by atoms with Gasteiger partial charge in [0, 0.05) is 18.3 Å². The van der Waals surface area contributed by atoms with Gasteiger partial charge in [-0.2, -0.15) is 18.3 Å². The molecule has 2 nitrogen and oxygen atoms in total. The minimum absolute atomic E-state index is 0.641. The van der Waals surface area contributed by atoms with Crippen molar-refractivity contribution >= 4 is 0 Å². The minimum Gasteiger partial charge on any atom is -0.272 e. The lowest BCUT2D eigenvalue weighted by atomic mass is 10.1. The molecule has 0 N–H and O–H groups in total. The van der Waals surface area contributed by atoms with Crippen molar-refractivity contribution in [3.63, 3.8) is 0 Å². The Hall–Kier alpha value is -1.78. The molecule has 0 fully saturated rings. The molecule has 0 saturated carbocycles. The molecule has 0 aliphatic rings. The molecule has 96 valence electrons. The van der Waals surface area contributed by atoms with Gasteiger partial charge < -0.3 is 0 Å². The highest BCUT2D eigenvalue weighted by atomic mass is 19.4. The van der Waals surface area contributed by atoms with Crippen LogP contribution in [0.4, 0.5) is 13.2 Å². The van der Waals surface area contributed by atoms with Crippen LogP contribution in [0.2, 0.25) is 0 Å². The molecule has 18 heavy (non-hydrogen) atoms. The van der Waals surface area contributed by atoms with Crippen molar-refractivity contribution in [3.05, 3.63) is 41.6 Å². The van der Waals surface area contributed by atoms with Crippen molar-refractivity contribution < 1.29 is 13.2 Å². The zero-order valence-corrected chi connectivity index (χ0v) is 10.1. The fourth-order valence-corrected chi connectivity index (χ4v) is 1.81. The molecule has 5 heteroatoms. The predicted octanol–water partition coefficient (Wildman–Crippen LogP) is 3.67. The maximum absolute atomic E-state index is 12.4. The largest absolute Gasteiger partial charge is 0.416 e. The zero-order chi connectivity index (χ0) is 13.3. The van der Waals surface area contributed by atoms with Crippen LogP contribution in [-0.2, 0) is 19.6 Å². The number of aryl methyl sites for hydroxylation is 2. The topological polar surface area (TPSA) is 17.8 Å². The predicted molar refractivity (Wildman–Crippen MR) is 63.0 cm³/mol. The molecule has 1 aromatic heterocycles. The molecule has 2 aromatic rings.